The number of aromatic hydroxyl groups is 3. The van der Waals surface area contributed by atoms with E-state index < -0.39 is 41.5 Å². The van der Waals surface area contributed by atoms with Gasteiger partial charge in [0.25, 0.3) is 0 Å². The number of aromatic nitrogens is 4. The first kappa shape index (κ1) is 117. The Kier molecular flexibility index (Phi) is 49.6. The third kappa shape index (κ3) is 40.6. The molecule has 738 valence electrons. The Morgan fingerprint density at radius 3 is 0.986 bits per heavy atom. The summed E-state index contributed by atoms with van der Waals surface area (Å²) in [6, 6.07) is 88.6. The number of hydrogen-bond donors (Lipinski definition) is 6. The molecule has 0 bridgehead atoms. The number of alkyl carbamates (subject to hydrolysis) is 1. The summed E-state index contributed by atoms with van der Waals surface area (Å²) in [7, 11) is 6.49. The number of halogens is 1. The second-order valence-corrected chi connectivity index (χ2v) is 31.1. The van der Waals surface area contributed by atoms with Crippen molar-refractivity contribution in [2.45, 2.75) is 100 Å². The van der Waals surface area contributed by atoms with E-state index >= 15 is 0 Å². The number of aliphatic hydroxyl groups is 1. The van der Waals surface area contributed by atoms with Gasteiger partial charge in [-0.15, -0.1) is 0 Å². The van der Waals surface area contributed by atoms with Crippen LogP contribution in [0.25, 0.3) is 0 Å². The van der Waals surface area contributed by atoms with Crippen molar-refractivity contribution < 1.29 is 141 Å². The minimum absolute atomic E-state index is 0. The van der Waals surface area contributed by atoms with Crippen molar-refractivity contribution in [3.63, 3.8) is 0 Å². The fourth-order valence-electron chi connectivity index (χ4n) is 12.0. The molecule has 35 heteroatoms. The number of carbonyl (C=O) groups is 6. The van der Waals surface area contributed by atoms with Gasteiger partial charge in [-0.3, -0.25) is 0 Å². The van der Waals surface area contributed by atoms with Crippen molar-refractivity contribution in [1.82, 2.24) is 25.3 Å². The van der Waals surface area contributed by atoms with E-state index in [-0.39, 0.29) is 83.1 Å². The van der Waals surface area contributed by atoms with Gasteiger partial charge in [-0.05, 0) is 209 Å². The summed E-state index contributed by atoms with van der Waals surface area (Å²) in [5.74, 6) is 0.441. The number of hydrogen-bond acceptors (Lipinski definition) is 31. The number of phenols is 3. The SMILES string of the molecule is COC(=O)c1ccc(O)c(O)c1.COC(=O)c1ccc(OCc2ccccc2)c(O)c1.COC(=O)c1ccc(OCc2ccccc2)c(Oc2cc(C#N)cc(C)n2)c1.COC(=O)c1ccc(OCc2ccccc2)c(Oc2cc(CN)cc(C)n2)c1.COC(=O)c1ccc(OCc2ccccc2)c(Oc2cc(CNC(=O)OC(C)(C)C)cc(C)n2)c1.Cc1cc(C#N)cc(Cl)n1.O.OCc1ccccc1.[Li+].[OH-]. The Bertz CT molecular complexity index is 6520. The van der Waals surface area contributed by atoms with Crippen LogP contribution in [-0.2, 0) is 74.5 Å². The van der Waals surface area contributed by atoms with Crippen molar-refractivity contribution in [2.24, 2.45) is 5.73 Å². The van der Waals surface area contributed by atoms with Crippen LogP contribution in [0.1, 0.15) is 145 Å². The van der Waals surface area contributed by atoms with Gasteiger partial charge >= 0.3 is 54.8 Å². The predicted molar refractivity (Wildman–Crippen MR) is 526 cm³/mol. The van der Waals surface area contributed by atoms with Crippen LogP contribution >= 0.6 is 11.6 Å². The maximum absolute atomic E-state index is 12.1. The number of esters is 5. The summed E-state index contributed by atoms with van der Waals surface area (Å²) < 4.78 is 69.8. The number of aliphatic hydroxyl groups excluding tert-OH is 1. The first-order valence-electron chi connectivity index (χ1n) is 42.9. The Morgan fingerprint density at radius 1 is 0.364 bits per heavy atom. The van der Waals surface area contributed by atoms with Crippen molar-refractivity contribution in [1.29, 1.82) is 10.5 Å². The molecule has 0 saturated heterocycles. The fraction of sp³-hybridized carbons (Fsp3) is 0.185. The van der Waals surface area contributed by atoms with Gasteiger partial charge in [0.1, 0.15) is 37.2 Å². The fourth-order valence-corrected chi connectivity index (χ4v) is 12.3. The molecule has 0 aliphatic heterocycles. The number of carbonyl (C=O) groups excluding carboxylic acids is 6. The number of nitriles is 2. The summed E-state index contributed by atoms with van der Waals surface area (Å²) >= 11 is 5.57. The van der Waals surface area contributed by atoms with Crippen molar-refractivity contribution >= 4 is 47.5 Å². The van der Waals surface area contributed by atoms with Gasteiger partial charge in [0, 0.05) is 54.1 Å². The van der Waals surface area contributed by atoms with Crippen LogP contribution in [0.5, 0.6) is 75.1 Å². The van der Waals surface area contributed by atoms with Crippen LogP contribution in [-0.4, -0.2) is 128 Å². The van der Waals surface area contributed by atoms with E-state index in [1.807, 2.05) is 184 Å². The summed E-state index contributed by atoms with van der Waals surface area (Å²) in [5.41, 5.74) is 17.1. The smallest absolute Gasteiger partial charge is 0.870 e. The van der Waals surface area contributed by atoms with Gasteiger partial charge in [0.05, 0.1) is 93.2 Å². The monoisotopic (exact) mass is 1960 g/mol. The number of amides is 1. The molecule has 0 radical (unpaired) electrons. The molecule has 33 nitrogen and oxygen atoms in total. The van der Waals surface area contributed by atoms with E-state index in [0.717, 1.165) is 56.4 Å². The van der Waals surface area contributed by atoms with E-state index in [4.69, 9.17) is 95.3 Å². The largest absolute Gasteiger partial charge is 1.00 e. The molecule has 0 atom stereocenters. The third-order valence-corrected chi connectivity index (χ3v) is 18.8. The molecule has 4 heterocycles. The molecule has 143 heavy (non-hydrogen) atoms. The van der Waals surface area contributed by atoms with E-state index in [9.17, 15) is 33.9 Å². The maximum Gasteiger partial charge on any atom is 1.00 e. The van der Waals surface area contributed by atoms with Crippen molar-refractivity contribution in [3.8, 4) is 87.3 Å². The molecule has 0 aliphatic rings. The molecule has 10 N–H and O–H groups in total. The topological polar surface area (TPSA) is 502 Å². The second kappa shape index (κ2) is 60.8. The van der Waals surface area contributed by atoms with Crippen LogP contribution in [0.4, 0.5) is 4.79 Å². The quantitative estimate of drug-likeness (QED) is 0.00915. The average molecular weight is 1960 g/mol. The average Bonchev–Trinajstić information content (AvgIpc) is 0.827. The molecule has 0 unspecified atom stereocenters. The van der Waals surface area contributed by atoms with Gasteiger partial charge in [-0.2, -0.15) is 10.5 Å². The Morgan fingerprint density at radius 2 is 0.664 bits per heavy atom. The first-order valence-corrected chi connectivity index (χ1v) is 43.3. The van der Waals surface area contributed by atoms with Crippen molar-refractivity contribution in [3.05, 3.63) is 397 Å². The molecule has 14 rings (SSSR count). The van der Waals surface area contributed by atoms with Gasteiger partial charge < -0.3 is 104 Å². The van der Waals surface area contributed by atoms with Gasteiger partial charge in [0.15, 0.2) is 57.5 Å². The standard InChI is InChI=1S/C27H30N2O6.C22H22N2O4.C22H18N2O4.C15H14O4.C8H8O4.C7H5ClN2.C7H8O.Li.2H2O/c1-18-13-20(16-28-26(31)35-27(2,3)4)14-24(29-18)34-23-15-21(25(30)32-5)11-12-22(23)33-17-19-9-7-6-8-10-19;2*1-15-10-17(13-23)11-21(24-15)28-20-12-18(22(25)26-2)8-9-19(20)27-14-16-6-4-3-5-7-16;1-18-15(17)12-7-8-14(13(16)9-12)19-10-11-5-3-2-4-6-11;1-12-8(11)5-2-3-6(9)7(10)4-5;1-5-2-6(4-9)3-7(8)10-5;8-6-7-4-2-1-3-5-7;;;/h6-15H,16-17H2,1-5H3,(H,28,31);3-12H,13-14,23H2,1-2H3;3-12H,14H2,1-2H3;2-9,16H,10H2,1H3;2-4,9-10H,1H3;2-3H,1H3;1-5,8H,6H2;;2*1H2/q;;;;;;;+1;;/p-1. The molecular weight excluding hydrogens is 1850 g/mol. The number of nitrogens with two attached hydrogens (primary N) is 1. The number of methoxy groups -OCH3 is 5. The minimum Gasteiger partial charge on any atom is -0.870 e. The van der Waals surface area contributed by atoms with Gasteiger partial charge in [0.2, 0.25) is 17.6 Å². The number of aryl methyl sites for hydroxylation is 4. The number of phenolic OH excluding ortho intramolecular Hbond substituents is 3. The molecule has 1 amide bonds. The minimum atomic E-state index is -0.590. The zero-order chi connectivity index (χ0) is 101. The maximum atomic E-state index is 12.1. The third-order valence-electron chi connectivity index (χ3n) is 18.6. The Hall–Kier alpha value is -16.9. The van der Waals surface area contributed by atoms with Gasteiger partial charge in [-0.25, -0.2) is 48.7 Å². The Labute approximate surface area is 844 Å². The molecule has 14 aromatic rings. The summed E-state index contributed by atoms with van der Waals surface area (Å²) in [6.07, 6.45) is -0.517. The summed E-state index contributed by atoms with van der Waals surface area (Å²) in [5, 5.41) is 56.9. The molecule has 0 fully saturated rings. The first-order chi connectivity index (χ1) is 67.3. The second-order valence-electron chi connectivity index (χ2n) is 30.7. The number of ether oxygens (including phenoxy) is 13. The summed E-state index contributed by atoms with van der Waals surface area (Å²) in [6.45, 7) is 14.8. The van der Waals surface area contributed by atoms with E-state index in [1.54, 1.807) is 120 Å². The van der Waals surface area contributed by atoms with E-state index in [1.165, 1.54) is 71.9 Å². The number of benzene rings is 10. The number of pyridine rings is 4. The van der Waals surface area contributed by atoms with Crippen LogP contribution in [0.2, 0.25) is 5.15 Å². The summed E-state index contributed by atoms with van der Waals surface area (Å²) in [4.78, 5) is 87.0. The Balaban J connectivity index is 0.000000307. The molecule has 4 aromatic heterocycles. The molecular formula is C108H108ClLiN8O25. The number of nitrogens with zero attached hydrogens (tertiary/aromatic N) is 6. The van der Waals surface area contributed by atoms with E-state index in [2.05, 4.69) is 40.8 Å². The van der Waals surface area contributed by atoms with Crippen LogP contribution in [0.15, 0.2) is 291 Å². The van der Waals surface area contributed by atoms with Gasteiger partial charge in [-0.1, -0.05) is 163 Å². The number of rotatable bonds is 27. The van der Waals surface area contributed by atoms with E-state index in [0.29, 0.717) is 123 Å². The van der Waals surface area contributed by atoms with Crippen LogP contribution in [0.3, 0.4) is 0 Å². The molecule has 0 saturated carbocycles. The van der Waals surface area contributed by atoms with Crippen LogP contribution < -0.4 is 63.1 Å². The molecule has 0 aliphatic carbocycles. The molecule has 10 aromatic carbocycles. The van der Waals surface area contributed by atoms with Crippen LogP contribution in [0, 0.1) is 50.4 Å². The zero-order valence-electron chi connectivity index (χ0n) is 80.8. The normalized spacial score (nSPS) is 9.91. The number of nitrogens with one attached hydrogen (secondary N) is 1. The van der Waals surface area contributed by atoms with Crippen molar-refractivity contribution in [2.75, 3.05) is 35.5 Å². The predicted octanol–water partition coefficient (Wildman–Crippen LogP) is 16.7. The molecule has 0 spiro atoms. The zero-order valence-corrected chi connectivity index (χ0v) is 81.5.